The average Bonchev–Trinajstić information content (AvgIpc) is 2.04. The van der Waals surface area contributed by atoms with Crippen LogP contribution in [0.2, 0.25) is 0 Å². The predicted molar refractivity (Wildman–Crippen MR) is 51.2 cm³/mol. The highest BCUT2D eigenvalue weighted by molar-refractivity contribution is 5.74. The highest BCUT2D eigenvalue weighted by atomic mass is 16.2. The topological polar surface area (TPSA) is 32.3 Å². The van der Waals surface area contributed by atoms with Gasteiger partial charge in [0, 0.05) is 19.6 Å². The molecule has 3 nitrogen and oxygen atoms in total. The van der Waals surface area contributed by atoms with Crippen molar-refractivity contribution in [2.45, 2.75) is 39.2 Å². The summed E-state index contributed by atoms with van der Waals surface area (Å²) in [6.07, 6.45) is 1.92. The number of hydrogen-bond acceptors (Lipinski definition) is 1. The van der Waals surface area contributed by atoms with Crippen molar-refractivity contribution in [3.63, 3.8) is 0 Å². The monoisotopic (exact) mass is 172 g/mol. The van der Waals surface area contributed by atoms with Crippen LogP contribution in [0, 0.1) is 0 Å². The van der Waals surface area contributed by atoms with Crippen LogP contribution < -0.4 is 5.32 Å². The van der Waals surface area contributed by atoms with Gasteiger partial charge in [-0.25, -0.2) is 4.79 Å². The molecule has 0 aromatic carbocycles. The Kier molecular flexibility index (Phi) is 4.07. The van der Waals surface area contributed by atoms with Gasteiger partial charge in [0.2, 0.25) is 0 Å². The zero-order chi connectivity index (χ0) is 9.78. The van der Waals surface area contributed by atoms with Crippen molar-refractivity contribution in [1.29, 1.82) is 0 Å². The molecule has 0 saturated carbocycles. The Morgan fingerprint density at radius 2 is 1.75 bits per heavy atom. The van der Waals surface area contributed by atoms with Crippen LogP contribution >= 0.6 is 0 Å². The molecule has 0 aliphatic heterocycles. The molecule has 72 valence electrons. The molecule has 0 heterocycles. The van der Waals surface area contributed by atoms with Gasteiger partial charge < -0.3 is 10.2 Å². The maximum Gasteiger partial charge on any atom is 0.317 e. The summed E-state index contributed by atoms with van der Waals surface area (Å²) < 4.78 is 0. The summed E-state index contributed by atoms with van der Waals surface area (Å²) >= 11 is 0. The molecule has 0 aliphatic carbocycles. The first-order chi connectivity index (χ1) is 5.45. The Morgan fingerprint density at radius 1 is 1.33 bits per heavy atom. The number of nitrogens with zero attached hydrogens (tertiary/aromatic N) is 1. The molecule has 0 spiro atoms. The third kappa shape index (κ3) is 3.11. The fourth-order valence-corrected chi connectivity index (χ4v) is 0.797. The van der Waals surface area contributed by atoms with Gasteiger partial charge in [-0.05, 0) is 19.8 Å². The average molecular weight is 172 g/mol. The number of hydrogen-bond donors (Lipinski definition) is 1. The van der Waals surface area contributed by atoms with Crippen LogP contribution in [0.15, 0.2) is 0 Å². The standard InChI is InChI=1S/C9H20N2O/c1-6-9(3,7-2)10-8(12)11(4)5/h6-7H2,1-5H3,(H,10,12). The van der Waals surface area contributed by atoms with E-state index in [0.29, 0.717) is 0 Å². The fourth-order valence-electron chi connectivity index (χ4n) is 0.797. The van der Waals surface area contributed by atoms with Crippen molar-refractivity contribution >= 4 is 6.03 Å². The molecule has 0 fully saturated rings. The normalized spacial score (nSPS) is 11.1. The molecule has 0 aromatic heterocycles. The van der Waals surface area contributed by atoms with Gasteiger partial charge >= 0.3 is 6.03 Å². The lowest BCUT2D eigenvalue weighted by atomic mass is 9.96. The molecule has 1 N–H and O–H groups in total. The molecule has 0 atom stereocenters. The zero-order valence-corrected chi connectivity index (χ0v) is 8.77. The van der Waals surface area contributed by atoms with Crippen molar-refractivity contribution in [2.24, 2.45) is 0 Å². The van der Waals surface area contributed by atoms with E-state index in [4.69, 9.17) is 0 Å². The summed E-state index contributed by atoms with van der Waals surface area (Å²) in [5.41, 5.74) is -0.0542. The molecule has 0 bridgehead atoms. The lowest BCUT2D eigenvalue weighted by Crippen LogP contribution is -2.49. The minimum absolute atomic E-state index is 0.0128. The van der Waals surface area contributed by atoms with E-state index in [-0.39, 0.29) is 11.6 Å². The Labute approximate surface area is 75.1 Å². The number of nitrogens with one attached hydrogen (secondary N) is 1. The molecule has 0 saturated heterocycles. The lowest BCUT2D eigenvalue weighted by molar-refractivity contribution is 0.200. The molecule has 0 unspecified atom stereocenters. The lowest BCUT2D eigenvalue weighted by Gasteiger charge is -2.29. The number of amides is 2. The van der Waals surface area contributed by atoms with Crippen molar-refractivity contribution in [3.8, 4) is 0 Å². The molecule has 0 radical (unpaired) electrons. The van der Waals surface area contributed by atoms with Gasteiger partial charge in [0.05, 0.1) is 0 Å². The van der Waals surface area contributed by atoms with Crippen molar-refractivity contribution in [2.75, 3.05) is 14.1 Å². The minimum Gasteiger partial charge on any atom is -0.333 e. The van der Waals surface area contributed by atoms with Crippen LogP contribution in [-0.4, -0.2) is 30.6 Å². The van der Waals surface area contributed by atoms with Crippen LogP contribution in [0.4, 0.5) is 4.79 Å². The molecule has 3 heteroatoms. The van der Waals surface area contributed by atoms with Gasteiger partial charge in [0.25, 0.3) is 0 Å². The van der Waals surface area contributed by atoms with E-state index in [2.05, 4.69) is 26.1 Å². The van der Waals surface area contributed by atoms with Gasteiger partial charge in [0.15, 0.2) is 0 Å². The molecule has 12 heavy (non-hydrogen) atoms. The second-order valence-electron chi connectivity index (χ2n) is 3.59. The van der Waals surface area contributed by atoms with E-state index in [0.717, 1.165) is 12.8 Å². The van der Waals surface area contributed by atoms with Crippen LogP contribution in [0.5, 0.6) is 0 Å². The van der Waals surface area contributed by atoms with Gasteiger partial charge in [-0.3, -0.25) is 0 Å². The second kappa shape index (κ2) is 4.33. The minimum atomic E-state index is -0.0542. The smallest absolute Gasteiger partial charge is 0.317 e. The molecule has 0 aliphatic rings. The molecule has 0 rings (SSSR count). The number of urea groups is 1. The first-order valence-electron chi connectivity index (χ1n) is 4.44. The summed E-state index contributed by atoms with van der Waals surface area (Å²) in [7, 11) is 3.50. The number of carbonyl (C=O) groups excluding carboxylic acids is 1. The third-order valence-electron chi connectivity index (χ3n) is 2.38. The Bertz CT molecular complexity index is 151. The van der Waals surface area contributed by atoms with E-state index >= 15 is 0 Å². The van der Waals surface area contributed by atoms with Gasteiger partial charge in [-0.1, -0.05) is 13.8 Å². The Balaban J connectivity index is 4.12. The highest BCUT2D eigenvalue weighted by Crippen LogP contribution is 2.13. The second-order valence-corrected chi connectivity index (χ2v) is 3.59. The third-order valence-corrected chi connectivity index (χ3v) is 2.38. The highest BCUT2D eigenvalue weighted by Gasteiger charge is 2.22. The molecule has 0 aromatic rings. The van der Waals surface area contributed by atoms with E-state index in [1.807, 2.05) is 0 Å². The predicted octanol–water partition coefficient (Wildman–Crippen LogP) is 1.84. The Hall–Kier alpha value is -0.730. The summed E-state index contributed by atoms with van der Waals surface area (Å²) in [6.45, 7) is 6.23. The van der Waals surface area contributed by atoms with Crippen LogP contribution in [0.25, 0.3) is 0 Å². The van der Waals surface area contributed by atoms with Crippen LogP contribution in [-0.2, 0) is 0 Å². The maximum atomic E-state index is 11.3. The summed E-state index contributed by atoms with van der Waals surface area (Å²) in [5.74, 6) is 0. The maximum absolute atomic E-state index is 11.3. The van der Waals surface area contributed by atoms with Gasteiger partial charge in [0.1, 0.15) is 0 Å². The zero-order valence-electron chi connectivity index (χ0n) is 8.77. The number of rotatable bonds is 3. The molecular formula is C9H20N2O. The van der Waals surface area contributed by atoms with E-state index in [1.54, 1.807) is 19.0 Å². The quantitative estimate of drug-likeness (QED) is 0.692. The van der Waals surface area contributed by atoms with Crippen LogP contribution in [0.3, 0.4) is 0 Å². The van der Waals surface area contributed by atoms with Crippen LogP contribution in [0.1, 0.15) is 33.6 Å². The summed E-state index contributed by atoms with van der Waals surface area (Å²) in [5, 5.41) is 2.98. The summed E-state index contributed by atoms with van der Waals surface area (Å²) in [6, 6.07) is -0.0128. The van der Waals surface area contributed by atoms with Crippen molar-refractivity contribution < 1.29 is 4.79 Å². The first kappa shape index (κ1) is 11.3. The first-order valence-corrected chi connectivity index (χ1v) is 4.44. The largest absolute Gasteiger partial charge is 0.333 e. The van der Waals surface area contributed by atoms with Gasteiger partial charge in [-0.2, -0.15) is 0 Å². The van der Waals surface area contributed by atoms with Crippen molar-refractivity contribution in [3.05, 3.63) is 0 Å². The number of carbonyl (C=O) groups is 1. The van der Waals surface area contributed by atoms with Gasteiger partial charge in [-0.15, -0.1) is 0 Å². The Morgan fingerprint density at radius 3 is 2.00 bits per heavy atom. The van der Waals surface area contributed by atoms with Crippen molar-refractivity contribution in [1.82, 2.24) is 10.2 Å². The molecular weight excluding hydrogens is 152 g/mol. The summed E-state index contributed by atoms with van der Waals surface area (Å²) in [4.78, 5) is 12.9. The van der Waals surface area contributed by atoms with E-state index in [1.165, 1.54) is 0 Å². The fraction of sp³-hybridized carbons (Fsp3) is 0.889. The van der Waals surface area contributed by atoms with E-state index < -0.39 is 0 Å². The molecule has 2 amide bonds. The van der Waals surface area contributed by atoms with E-state index in [9.17, 15) is 4.79 Å². The SMILES string of the molecule is CCC(C)(CC)NC(=O)N(C)C.